The minimum atomic E-state index is -0.186. The van der Waals surface area contributed by atoms with Gasteiger partial charge in [-0.1, -0.05) is 32.0 Å². The molecule has 2 aromatic rings. The van der Waals surface area contributed by atoms with Crippen molar-refractivity contribution < 1.29 is 9.53 Å². The Morgan fingerprint density at radius 2 is 2.00 bits per heavy atom. The van der Waals surface area contributed by atoms with Gasteiger partial charge in [-0.3, -0.25) is 4.79 Å². The Labute approximate surface area is 142 Å². The molecular weight excluding hydrogens is 304 g/mol. The maximum Gasteiger partial charge on any atom is 0.270 e. The van der Waals surface area contributed by atoms with E-state index >= 15 is 0 Å². The predicted octanol–water partition coefficient (Wildman–Crippen LogP) is 2.79. The van der Waals surface area contributed by atoms with Gasteiger partial charge in [-0.2, -0.15) is 0 Å². The highest BCUT2D eigenvalue weighted by molar-refractivity contribution is 5.92. The van der Waals surface area contributed by atoms with E-state index in [-0.39, 0.29) is 5.91 Å². The van der Waals surface area contributed by atoms with Gasteiger partial charge in [-0.15, -0.1) is 0 Å². The molecule has 1 heterocycles. The molecule has 6 nitrogen and oxygen atoms in total. The van der Waals surface area contributed by atoms with Crippen molar-refractivity contribution in [1.29, 1.82) is 0 Å². The topological polar surface area (TPSA) is 76.1 Å². The lowest BCUT2D eigenvalue weighted by molar-refractivity contribution is 0.0944. The fraction of sp³-hybridized carbons (Fsp3) is 0.389. The predicted molar refractivity (Wildman–Crippen MR) is 94.3 cm³/mol. The van der Waals surface area contributed by atoms with Crippen LogP contribution in [-0.2, 0) is 6.54 Å². The van der Waals surface area contributed by atoms with Crippen LogP contribution in [0.5, 0.6) is 5.75 Å². The van der Waals surface area contributed by atoms with Crippen molar-refractivity contribution in [3.05, 3.63) is 47.3 Å². The van der Waals surface area contributed by atoms with Gasteiger partial charge in [-0.05, 0) is 25.0 Å². The number of hydrogen-bond acceptors (Lipinski definition) is 5. The number of amides is 1. The summed E-state index contributed by atoms with van der Waals surface area (Å²) in [4.78, 5) is 20.8. The smallest absolute Gasteiger partial charge is 0.270 e. The van der Waals surface area contributed by atoms with Crippen molar-refractivity contribution >= 4 is 11.9 Å². The Hall–Kier alpha value is -2.63. The highest BCUT2D eigenvalue weighted by atomic mass is 16.5. The van der Waals surface area contributed by atoms with E-state index in [0.29, 0.717) is 30.6 Å². The van der Waals surface area contributed by atoms with Crippen LogP contribution in [0, 0.1) is 12.8 Å². The SMILES string of the molecule is COc1ccccc1CNc1nc(C)cc(C(=O)NCC(C)C)n1. The molecule has 0 unspecified atom stereocenters. The lowest BCUT2D eigenvalue weighted by atomic mass is 10.2. The van der Waals surface area contributed by atoms with E-state index in [0.717, 1.165) is 17.0 Å². The molecule has 0 saturated heterocycles. The van der Waals surface area contributed by atoms with E-state index < -0.39 is 0 Å². The van der Waals surface area contributed by atoms with Crippen molar-refractivity contribution in [2.24, 2.45) is 5.92 Å². The Balaban J connectivity index is 2.09. The largest absolute Gasteiger partial charge is 0.496 e. The first-order valence-corrected chi connectivity index (χ1v) is 7.99. The number of carbonyl (C=O) groups is 1. The third-order valence-corrected chi connectivity index (χ3v) is 3.39. The van der Waals surface area contributed by atoms with Crippen molar-refractivity contribution in [3.63, 3.8) is 0 Å². The number of ether oxygens (including phenoxy) is 1. The van der Waals surface area contributed by atoms with Crippen LogP contribution in [0.25, 0.3) is 0 Å². The molecule has 24 heavy (non-hydrogen) atoms. The molecule has 2 N–H and O–H groups in total. The summed E-state index contributed by atoms with van der Waals surface area (Å²) < 4.78 is 5.33. The lowest BCUT2D eigenvalue weighted by Gasteiger charge is -2.11. The van der Waals surface area contributed by atoms with Crippen LogP contribution in [0.4, 0.5) is 5.95 Å². The van der Waals surface area contributed by atoms with Gasteiger partial charge in [0.1, 0.15) is 11.4 Å². The summed E-state index contributed by atoms with van der Waals surface area (Å²) in [5, 5.41) is 6.02. The van der Waals surface area contributed by atoms with Crippen molar-refractivity contribution in [2.75, 3.05) is 19.0 Å². The molecule has 2 rings (SSSR count). The second kappa shape index (κ2) is 8.29. The number of nitrogens with one attached hydrogen (secondary N) is 2. The zero-order valence-electron chi connectivity index (χ0n) is 14.6. The van der Waals surface area contributed by atoms with Gasteiger partial charge in [0.05, 0.1) is 7.11 Å². The molecule has 1 aromatic heterocycles. The summed E-state index contributed by atoms with van der Waals surface area (Å²) in [5.74, 6) is 1.43. The average Bonchev–Trinajstić information content (AvgIpc) is 2.57. The third-order valence-electron chi connectivity index (χ3n) is 3.39. The van der Waals surface area contributed by atoms with Crippen LogP contribution in [0.15, 0.2) is 30.3 Å². The molecule has 0 spiro atoms. The normalized spacial score (nSPS) is 10.5. The number of aromatic nitrogens is 2. The van der Waals surface area contributed by atoms with Gasteiger partial charge in [0, 0.05) is 24.3 Å². The molecule has 1 amide bonds. The first-order valence-electron chi connectivity index (χ1n) is 7.99. The molecule has 0 fully saturated rings. The van der Waals surface area contributed by atoms with Crippen LogP contribution in [0.2, 0.25) is 0 Å². The Morgan fingerprint density at radius 3 is 2.71 bits per heavy atom. The first kappa shape index (κ1) is 17.7. The van der Waals surface area contributed by atoms with E-state index in [1.165, 1.54) is 0 Å². The van der Waals surface area contributed by atoms with E-state index in [1.54, 1.807) is 13.2 Å². The average molecular weight is 328 g/mol. The number of rotatable bonds is 7. The number of carbonyl (C=O) groups excluding carboxylic acids is 1. The van der Waals surface area contributed by atoms with E-state index in [9.17, 15) is 4.79 Å². The standard InChI is InChI=1S/C18H24N4O2/c1-12(2)10-19-17(23)15-9-13(3)21-18(22-15)20-11-14-7-5-6-8-16(14)24-4/h5-9,12H,10-11H2,1-4H3,(H,19,23)(H,20,21,22). The summed E-state index contributed by atoms with van der Waals surface area (Å²) in [6.07, 6.45) is 0. The third kappa shape index (κ3) is 4.94. The first-order chi connectivity index (χ1) is 11.5. The number of aryl methyl sites for hydroxylation is 1. The Bertz CT molecular complexity index is 701. The maximum atomic E-state index is 12.2. The maximum absolute atomic E-state index is 12.2. The lowest BCUT2D eigenvalue weighted by Crippen LogP contribution is -2.28. The van der Waals surface area contributed by atoms with Crippen molar-refractivity contribution in [2.45, 2.75) is 27.3 Å². The molecule has 0 aliphatic heterocycles. The van der Waals surface area contributed by atoms with Gasteiger partial charge in [0.15, 0.2) is 0 Å². The van der Waals surface area contributed by atoms with Crippen LogP contribution in [0.3, 0.4) is 0 Å². The minimum Gasteiger partial charge on any atom is -0.496 e. The summed E-state index contributed by atoms with van der Waals surface area (Å²) >= 11 is 0. The molecule has 0 radical (unpaired) electrons. The number of anilines is 1. The molecule has 0 saturated carbocycles. The highest BCUT2D eigenvalue weighted by Gasteiger charge is 2.11. The molecule has 0 bridgehead atoms. The fourth-order valence-electron chi connectivity index (χ4n) is 2.17. The molecule has 6 heteroatoms. The molecule has 128 valence electrons. The van der Waals surface area contributed by atoms with Crippen molar-refractivity contribution in [3.8, 4) is 5.75 Å². The van der Waals surface area contributed by atoms with Crippen LogP contribution < -0.4 is 15.4 Å². The summed E-state index contributed by atoms with van der Waals surface area (Å²) in [6.45, 7) is 7.07. The number of hydrogen-bond donors (Lipinski definition) is 2. The highest BCUT2D eigenvalue weighted by Crippen LogP contribution is 2.18. The monoisotopic (exact) mass is 328 g/mol. The summed E-state index contributed by atoms with van der Waals surface area (Å²) in [7, 11) is 1.64. The van der Waals surface area contributed by atoms with Crippen LogP contribution >= 0.6 is 0 Å². The zero-order chi connectivity index (χ0) is 17.5. The van der Waals surface area contributed by atoms with Gasteiger partial charge in [0.2, 0.25) is 5.95 Å². The van der Waals surface area contributed by atoms with Crippen LogP contribution in [-0.4, -0.2) is 29.5 Å². The van der Waals surface area contributed by atoms with E-state index in [4.69, 9.17) is 4.74 Å². The van der Waals surface area contributed by atoms with Gasteiger partial charge in [0.25, 0.3) is 5.91 Å². The fourth-order valence-corrected chi connectivity index (χ4v) is 2.17. The Morgan fingerprint density at radius 1 is 1.25 bits per heavy atom. The van der Waals surface area contributed by atoms with Crippen LogP contribution in [0.1, 0.15) is 35.6 Å². The molecule has 1 aromatic carbocycles. The quantitative estimate of drug-likeness (QED) is 0.817. The number of nitrogens with zero attached hydrogens (tertiary/aromatic N) is 2. The zero-order valence-corrected chi connectivity index (χ0v) is 14.6. The number of methoxy groups -OCH3 is 1. The molecule has 0 aliphatic rings. The van der Waals surface area contributed by atoms with E-state index in [2.05, 4.69) is 20.6 Å². The molecular formula is C18H24N4O2. The van der Waals surface area contributed by atoms with Gasteiger partial charge < -0.3 is 15.4 Å². The summed E-state index contributed by atoms with van der Waals surface area (Å²) in [6, 6.07) is 9.42. The number of para-hydroxylation sites is 1. The van der Waals surface area contributed by atoms with Gasteiger partial charge >= 0.3 is 0 Å². The minimum absolute atomic E-state index is 0.186. The molecule has 0 aliphatic carbocycles. The Kier molecular flexibility index (Phi) is 6.12. The van der Waals surface area contributed by atoms with Crippen molar-refractivity contribution in [1.82, 2.24) is 15.3 Å². The number of benzene rings is 1. The summed E-state index contributed by atoms with van der Waals surface area (Å²) in [5.41, 5.74) is 2.10. The second-order valence-electron chi connectivity index (χ2n) is 5.99. The second-order valence-corrected chi connectivity index (χ2v) is 5.99. The van der Waals surface area contributed by atoms with E-state index in [1.807, 2.05) is 45.0 Å². The molecule has 0 atom stereocenters. The van der Waals surface area contributed by atoms with Gasteiger partial charge in [-0.25, -0.2) is 9.97 Å².